The molecule has 10 heteroatoms. The summed E-state index contributed by atoms with van der Waals surface area (Å²) in [6.07, 6.45) is 4.42. The second-order valence-corrected chi connectivity index (χ2v) is 8.92. The molecular formula is C23H22F3N7. The molecule has 1 N–H and O–H groups in total. The maximum atomic E-state index is 14.5. The molecule has 2 aliphatic rings. The number of halogens is 3. The van der Waals surface area contributed by atoms with Gasteiger partial charge in [-0.05, 0) is 31.3 Å². The Balaban J connectivity index is 1.37. The van der Waals surface area contributed by atoms with Gasteiger partial charge < -0.3 is 9.80 Å². The molecule has 33 heavy (non-hydrogen) atoms. The van der Waals surface area contributed by atoms with E-state index in [0.717, 1.165) is 42.4 Å². The standard InChI is InChI=1S/C23H22F3N7/c1-31-11-17(12-31)33-9-14(8-28-33)13-4-19-22(27-7-13)29-30-23(19)32-10-16(25)6-21(32)18-5-15(24)2-3-20(18)26/h2-5,7-9,16-17,21H,6,10-12H2,1H3,(H,27,29,30)/t16-,21+/m0/s1. The number of aromatic amines is 1. The fourth-order valence-electron chi connectivity index (χ4n) is 4.87. The molecule has 3 aromatic heterocycles. The van der Waals surface area contributed by atoms with Crippen LogP contribution in [-0.4, -0.2) is 62.7 Å². The Kier molecular flexibility index (Phi) is 4.65. The van der Waals surface area contributed by atoms with E-state index in [0.29, 0.717) is 22.9 Å². The Hall–Kier alpha value is -3.40. The van der Waals surface area contributed by atoms with E-state index in [1.54, 1.807) is 17.3 Å². The number of H-pyrrole nitrogens is 1. The molecule has 0 amide bonds. The highest BCUT2D eigenvalue weighted by atomic mass is 19.1. The lowest BCUT2D eigenvalue weighted by Gasteiger charge is -2.36. The van der Waals surface area contributed by atoms with Gasteiger partial charge in [-0.1, -0.05) is 0 Å². The van der Waals surface area contributed by atoms with Gasteiger partial charge in [0.05, 0.1) is 30.2 Å². The molecule has 0 unspecified atom stereocenters. The SMILES string of the molecule is CN1CC(n2cc(-c3cnc4[nH]nc(N5C[C@@H](F)C[C@@H]5c5cc(F)ccc5F)c4c3)cn2)C1. The lowest BCUT2D eigenvalue weighted by Crippen LogP contribution is -2.45. The molecule has 2 fully saturated rings. The number of hydrogen-bond donors (Lipinski definition) is 1. The highest BCUT2D eigenvalue weighted by Crippen LogP contribution is 2.40. The molecule has 2 aliphatic heterocycles. The third kappa shape index (κ3) is 3.45. The number of anilines is 1. The number of benzene rings is 1. The van der Waals surface area contributed by atoms with Crippen LogP contribution in [0.1, 0.15) is 24.1 Å². The first-order valence-corrected chi connectivity index (χ1v) is 10.9. The number of alkyl halides is 1. The summed E-state index contributed by atoms with van der Waals surface area (Å²) in [5.74, 6) is -0.645. The van der Waals surface area contributed by atoms with Gasteiger partial charge in [0.1, 0.15) is 17.8 Å². The average Bonchev–Trinajstić information content (AvgIpc) is 3.50. The van der Waals surface area contributed by atoms with E-state index in [9.17, 15) is 13.2 Å². The van der Waals surface area contributed by atoms with Crippen molar-refractivity contribution in [3.8, 4) is 11.1 Å². The molecule has 1 aromatic carbocycles. The normalized spacial score (nSPS) is 21.8. The first-order valence-electron chi connectivity index (χ1n) is 10.9. The largest absolute Gasteiger partial charge is 0.344 e. The number of likely N-dealkylation sites (N-methyl/N-ethyl adjacent to an activating group) is 1. The predicted octanol–water partition coefficient (Wildman–Crippen LogP) is 3.88. The average molecular weight is 453 g/mol. The minimum absolute atomic E-state index is 0.0396. The first kappa shape index (κ1) is 20.2. The van der Waals surface area contributed by atoms with Gasteiger partial charge >= 0.3 is 0 Å². The van der Waals surface area contributed by atoms with Gasteiger partial charge in [0.2, 0.25) is 0 Å². The molecule has 4 aromatic rings. The van der Waals surface area contributed by atoms with E-state index in [1.165, 1.54) is 0 Å². The van der Waals surface area contributed by atoms with Crippen LogP contribution in [0.25, 0.3) is 22.2 Å². The third-order valence-electron chi connectivity index (χ3n) is 6.59. The van der Waals surface area contributed by atoms with Crippen LogP contribution in [0.2, 0.25) is 0 Å². The summed E-state index contributed by atoms with van der Waals surface area (Å²) in [5.41, 5.74) is 2.45. The van der Waals surface area contributed by atoms with Crippen molar-refractivity contribution in [2.75, 3.05) is 31.6 Å². The molecule has 0 bridgehead atoms. The highest BCUT2D eigenvalue weighted by Gasteiger charge is 2.37. The van der Waals surface area contributed by atoms with Crippen molar-refractivity contribution in [1.82, 2.24) is 29.9 Å². The van der Waals surface area contributed by atoms with Gasteiger partial charge in [0.25, 0.3) is 0 Å². The number of likely N-dealkylation sites (tertiary alicyclic amines) is 1. The van der Waals surface area contributed by atoms with E-state index in [-0.39, 0.29) is 18.5 Å². The Morgan fingerprint density at radius 1 is 1.06 bits per heavy atom. The maximum Gasteiger partial charge on any atom is 0.160 e. The molecule has 0 radical (unpaired) electrons. The van der Waals surface area contributed by atoms with Crippen LogP contribution in [0.5, 0.6) is 0 Å². The van der Waals surface area contributed by atoms with Crippen LogP contribution in [0, 0.1) is 11.6 Å². The van der Waals surface area contributed by atoms with Crippen molar-refractivity contribution in [3.05, 3.63) is 60.1 Å². The van der Waals surface area contributed by atoms with Gasteiger partial charge in [0.15, 0.2) is 11.5 Å². The zero-order chi connectivity index (χ0) is 22.7. The number of nitrogens with one attached hydrogen (secondary N) is 1. The number of rotatable bonds is 4. The van der Waals surface area contributed by atoms with E-state index in [2.05, 4.69) is 32.2 Å². The summed E-state index contributed by atoms with van der Waals surface area (Å²) in [4.78, 5) is 8.40. The summed E-state index contributed by atoms with van der Waals surface area (Å²) >= 11 is 0. The van der Waals surface area contributed by atoms with Gasteiger partial charge in [-0.3, -0.25) is 9.78 Å². The summed E-state index contributed by atoms with van der Waals surface area (Å²) in [6, 6.07) is 4.90. The molecule has 170 valence electrons. The first-order chi connectivity index (χ1) is 16.0. The molecule has 2 saturated heterocycles. The third-order valence-corrected chi connectivity index (χ3v) is 6.59. The van der Waals surface area contributed by atoms with Crippen LogP contribution in [0.4, 0.5) is 19.0 Å². The second-order valence-electron chi connectivity index (χ2n) is 8.92. The molecule has 2 atom stereocenters. The van der Waals surface area contributed by atoms with E-state index >= 15 is 0 Å². The monoisotopic (exact) mass is 453 g/mol. The smallest absolute Gasteiger partial charge is 0.160 e. The van der Waals surface area contributed by atoms with Crippen molar-refractivity contribution in [3.63, 3.8) is 0 Å². The van der Waals surface area contributed by atoms with Crippen LogP contribution in [0.3, 0.4) is 0 Å². The van der Waals surface area contributed by atoms with E-state index in [1.807, 2.05) is 16.9 Å². The highest BCUT2D eigenvalue weighted by molar-refractivity contribution is 5.91. The fraction of sp³-hybridized carbons (Fsp3) is 0.348. The molecule has 0 spiro atoms. The van der Waals surface area contributed by atoms with Crippen molar-refractivity contribution in [1.29, 1.82) is 0 Å². The number of fused-ring (bicyclic) bond motifs is 1. The van der Waals surface area contributed by atoms with Crippen LogP contribution < -0.4 is 4.90 Å². The molecule has 0 saturated carbocycles. The van der Waals surface area contributed by atoms with Crippen LogP contribution in [0.15, 0.2) is 42.9 Å². The summed E-state index contributed by atoms with van der Waals surface area (Å²) < 4.78 is 44.8. The molecule has 6 rings (SSSR count). The quantitative estimate of drug-likeness (QED) is 0.508. The zero-order valence-electron chi connectivity index (χ0n) is 17.9. The number of nitrogens with zero attached hydrogens (tertiary/aromatic N) is 6. The van der Waals surface area contributed by atoms with Crippen molar-refractivity contribution in [2.24, 2.45) is 0 Å². The van der Waals surface area contributed by atoms with Gasteiger partial charge in [-0.15, -0.1) is 0 Å². The maximum absolute atomic E-state index is 14.5. The Labute approximate surface area is 187 Å². The van der Waals surface area contributed by atoms with Gasteiger partial charge in [-0.25, -0.2) is 18.2 Å². The van der Waals surface area contributed by atoms with Gasteiger partial charge in [-0.2, -0.15) is 10.2 Å². The van der Waals surface area contributed by atoms with Crippen molar-refractivity contribution >= 4 is 16.9 Å². The lowest BCUT2D eigenvalue weighted by molar-refractivity contribution is 0.130. The van der Waals surface area contributed by atoms with Crippen LogP contribution in [-0.2, 0) is 0 Å². The van der Waals surface area contributed by atoms with Crippen molar-refractivity contribution in [2.45, 2.75) is 24.7 Å². The number of hydrogen-bond acceptors (Lipinski definition) is 5. The number of pyridine rings is 1. The van der Waals surface area contributed by atoms with Gasteiger partial charge in [0, 0.05) is 48.6 Å². The summed E-state index contributed by atoms with van der Waals surface area (Å²) in [7, 11) is 2.07. The Morgan fingerprint density at radius 3 is 2.73 bits per heavy atom. The fourth-order valence-corrected chi connectivity index (χ4v) is 4.87. The topological polar surface area (TPSA) is 65.9 Å². The summed E-state index contributed by atoms with van der Waals surface area (Å²) in [5, 5.41) is 12.4. The predicted molar refractivity (Wildman–Crippen MR) is 118 cm³/mol. The Bertz CT molecular complexity index is 1330. The Morgan fingerprint density at radius 2 is 1.91 bits per heavy atom. The minimum atomic E-state index is -1.18. The molecule has 0 aliphatic carbocycles. The second kappa shape index (κ2) is 7.58. The minimum Gasteiger partial charge on any atom is -0.344 e. The molecule has 7 nitrogen and oxygen atoms in total. The number of aromatic nitrogens is 5. The molecule has 5 heterocycles. The van der Waals surface area contributed by atoms with Crippen molar-refractivity contribution < 1.29 is 13.2 Å². The van der Waals surface area contributed by atoms with Crippen LogP contribution >= 0.6 is 0 Å². The lowest BCUT2D eigenvalue weighted by atomic mass is 10.0. The zero-order valence-corrected chi connectivity index (χ0v) is 17.9. The van der Waals surface area contributed by atoms with E-state index in [4.69, 9.17) is 0 Å². The van der Waals surface area contributed by atoms with E-state index < -0.39 is 23.8 Å². The molecular weight excluding hydrogens is 431 g/mol. The summed E-state index contributed by atoms with van der Waals surface area (Å²) in [6.45, 7) is 1.96.